The van der Waals surface area contributed by atoms with Crippen LogP contribution in [0.5, 0.6) is 0 Å². The highest BCUT2D eigenvalue weighted by Crippen LogP contribution is 2.32. The first-order valence-corrected chi connectivity index (χ1v) is 8.61. The fourth-order valence-electron chi connectivity index (χ4n) is 4.05. The number of hydrogen-bond acceptors (Lipinski definition) is 3. The van der Waals surface area contributed by atoms with Crippen molar-refractivity contribution in [3.63, 3.8) is 0 Å². The van der Waals surface area contributed by atoms with Gasteiger partial charge in [-0.3, -0.25) is 9.58 Å². The van der Waals surface area contributed by atoms with E-state index in [2.05, 4.69) is 34.9 Å². The summed E-state index contributed by atoms with van der Waals surface area (Å²) in [4.78, 5) is 5.21. The van der Waals surface area contributed by atoms with Crippen molar-refractivity contribution in [2.45, 2.75) is 45.6 Å². The Kier molecular flexibility index (Phi) is 4.53. The smallest absolute Gasteiger partial charge is 0.0753 e. The van der Waals surface area contributed by atoms with Crippen molar-refractivity contribution in [2.24, 2.45) is 18.9 Å². The Hall–Kier alpha value is -1.03. The molecule has 2 aliphatic rings. The second-order valence-electron chi connectivity index (χ2n) is 7.21. The number of anilines is 1. The van der Waals surface area contributed by atoms with Crippen molar-refractivity contribution in [1.29, 1.82) is 0 Å². The van der Waals surface area contributed by atoms with Gasteiger partial charge in [0, 0.05) is 45.5 Å². The molecule has 0 aromatic carbocycles. The maximum Gasteiger partial charge on any atom is 0.0753 e. The first-order chi connectivity index (χ1) is 10.1. The molecule has 0 spiro atoms. The van der Waals surface area contributed by atoms with E-state index in [-0.39, 0.29) is 0 Å². The largest absolute Gasteiger partial charge is 0.366 e. The number of aromatic nitrogens is 2. The zero-order valence-electron chi connectivity index (χ0n) is 13.8. The van der Waals surface area contributed by atoms with Gasteiger partial charge in [-0.25, -0.2) is 0 Å². The Morgan fingerprint density at radius 2 is 1.71 bits per heavy atom. The number of piperazine rings is 1. The van der Waals surface area contributed by atoms with Crippen LogP contribution in [0, 0.1) is 11.8 Å². The fraction of sp³-hybridized carbons (Fsp3) is 0.824. The van der Waals surface area contributed by atoms with Gasteiger partial charge >= 0.3 is 0 Å². The lowest BCUT2D eigenvalue weighted by Crippen LogP contribution is -2.51. The van der Waals surface area contributed by atoms with Crippen LogP contribution in [-0.2, 0) is 7.05 Å². The minimum Gasteiger partial charge on any atom is -0.366 e. The fourth-order valence-corrected chi connectivity index (χ4v) is 4.05. The molecule has 2 fully saturated rings. The van der Waals surface area contributed by atoms with Gasteiger partial charge in [-0.2, -0.15) is 5.10 Å². The summed E-state index contributed by atoms with van der Waals surface area (Å²) in [6.07, 6.45) is 9.81. The average molecular weight is 290 g/mol. The quantitative estimate of drug-likeness (QED) is 0.855. The molecule has 21 heavy (non-hydrogen) atoms. The van der Waals surface area contributed by atoms with Gasteiger partial charge in [-0.15, -0.1) is 0 Å². The van der Waals surface area contributed by atoms with Crippen LogP contribution >= 0.6 is 0 Å². The molecule has 0 radical (unpaired) electrons. The van der Waals surface area contributed by atoms with Crippen LogP contribution in [0.15, 0.2) is 12.4 Å². The highest BCUT2D eigenvalue weighted by molar-refractivity contribution is 5.42. The molecule has 118 valence electrons. The lowest BCUT2D eigenvalue weighted by atomic mass is 9.79. The van der Waals surface area contributed by atoms with Gasteiger partial charge in [-0.1, -0.05) is 13.8 Å². The second-order valence-corrected chi connectivity index (χ2v) is 7.21. The number of hydrogen-bond donors (Lipinski definition) is 0. The molecule has 4 heteroatoms. The summed E-state index contributed by atoms with van der Waals surface area (Å²) >= 11 is 0. The first kappa shape index (κ1) is 14.9. The monoisotopic (exact) mass is 290 g/mol. The van der Waals surface area contributed by atoms with Gasteiger partial charge in [-0.05, 0) is 37.5 Å². The van der Waals surface area contributed by atoms with E-state index >= 15 is 0 Å². The summed E-state index contributed by atoms with van der Waals surface area (Å²) in [6, 6.07) is 0.844. The summed E-state index contributed by atoms with van der Waals surface area (Å²) in [6.45, 7) is 9.50. The van der Waals surface area contributed by atoms with Crippen LogP contribution in [-0.4, -0.2) is 46.9 Å². The zero-order chi connectivity index (χ0) is 14.8. The third kappa shape index (κ3) is 3.42. The molecule has 1 aliphatic carbocycles. The molecule has 1 aromatic rings. The minimum atomic E-state index is 0.844. The Bertz CT molecular complexity index is 437. The molecule has 1 aliphatic heterocycles. The van der Waals surface area contributed by atoms with Gasteiger partial charge in [0.15, 0.2) is 0 Å². The van der Waals surface area contributed by atoms with Crippen LogP contribution in [0.1, 0.15) is 39.5 Å². The average Bonchev–Trinajstić information content (AvgIpc) is 2.94. The number of aryl methyl sites for hydroxylation is 1. The van der Waals surface area contributed by atoms with Crippen molar-refractivity contribution in [3.8, 4) is 0 Å². The van der Waals surface area contributed by atoms with Gasteiger partial charge in [0.2, 0.25) is 0 Å². The van der Waals surface area contributed by atoms with E-state index in [1.165, 1.54) is 44.5 Å². The maximum absolute atomic E-state index is 4.29. The maximum atomic E-state index is 4.29. The van der Waals surface area contributed by atoms with E-state index in [4.69, 9.17) is 0 Å². The van der Waals surface area contributed by atoms with Gasteiger partial charge in [0.25, 0.3) is 0 Å². The number of nitrogens with zero attached hydrogens (tertiary/aromatic N) is 4. The lowest BCUT2D eigenvalue weighted by molar-refractivity contribution is 0.117. The Balaban J connectivity index is 1.48. The second kappa shape index (κ2) is 6.39. The first-order valence-electron chi connectivity index (χ1n) is 8.61. The predicted octanol–water partition coefficient (Wildman–Crippen LogP) is 2.76. The van der Waals surface area contributed by atoms with Crippen LogP contribution in [0.25, 0.3) is 0 Å². The van der Waals surface area contributed by atoms with Crippen LogP contribution in [0.4, 0.5) is 5.69 Å². The highest BCUT2D eigenvalue weighted by Gasteiger charge is 2.29. The van der Waals surface area contributed by atoms with E-state index in [1.807, 2.05) is 17.9 Å². The summed E-state index contributed by atoms with van der Waals surface area (Å²) in [7, 11) is 1.99. The molecule has 2 heterocycles. The van der Waals surface area contributed by atoms with Gasteiger partial charge in [0.05, 0.1) is 11.9 Å². The van der Waals surface area contributed by atoms with Crippen molar-refractivity contribution in [2.75, 3.05) is 31.1 Å². The third-order valence-corrected chi connectivity index (χ3v) is 5.57. The van der Waals surface area contributed by atoms with E-state index in [1.54, 1.807) is 0 Å². The molecule has 1 saturated carbocycles. The van der Waals surface area contributed by atoms with E-state index in [0.717, 1.165) is 31.0 Å². The third-order valence-electron chi connectivity index (χ3n) is 5.57. The molecule has 1 saturated heterocycles. The molecule has 0 bridgehead atoms. The highest BCUT2D eigenvalue weighted by atomic mass is 15.3. The molecule has 0 amide bonds. The van der Waals surface area contributed by atoms with E-state index in [9.17, 15) is 0 Å². The van der Waals surface area contributed by atoms with E-state index in [0.29, 0.717) is 0 Å². The standard InChI is InChI=1S/C17H30N4/c1-14(2)15-4-6-16(7-5-15)20-8-10-21(11-9-20)17-12-18-19(3)13-17/h12-16H,4-11H2,1-3H3. The zero-order valence-corrected chi connectivity index (χ0v) is 13.8. The Morgan fingerprint density at radius 3 is 2.24 bits per heavy atom. The summed E-state index contributed by atoms with van der Waals surface area (Å²) in [5, 5.41) is 4.29. The summed E-state index contributed by atoms with van der Waals surface area (Å²) in [5.41, 5.74) is 1.28. The molecule has 4 nitrogen and oxygen atoms in total. The minimum absolute atomic E-state index is 0.844. The molecule has 0 atom stereocenters. The SMILES string of the molecule is CC(C)C1CCC(N2CCN(c3cnn(C)c3)CC2)CC1. The molecule has 1 aromatic heterocycles. The van der Waals surface area contributed by atoms with Crippen LogP contribution in [0.2, 0.25) is 0 Å². The normalized spacial score (nSPS) is 28.3. The number of rotatable bonds is 3. The molecule has 0 N–H and O–H groups in total. The van der Waals surface area contributed by atoms with Crippen molar-refractivity contribution < 1.29 is 0 Å². The lowest BCUT2D eigenvalue weighted by Gasteiger charge is -2.42. The topological polar surface area (TPSA) is 24.3 Å². The van der Waals surface area contributed by atoms with Crippen molar-refractivity contribution in [1.82, 2.24) is 14.7 Å². The van der Waals surface area contributed by atoms with Crippen LogP contribution < -0.4 is 4.90 Å². The Labute approximate surface area is 129 Å². The van der Waals surface area contributed by atoms with Crippen molar-refractivity contribution in [3.05, 3.63) is 12.4 Å². The molecular formula is C17H30N4. The predicted molar refractivity (Wildman–Crippen MR) is 87.6 cm³/mol. The van der Waals surface area contributed by atoms with Crippen LogP contribution in [0.3, 0.4) is 0 Å². The van der Waals surface area contributed by atoms with Crippen molar-refractivity contribution >= 4 is 5.69 Å². The van der Waals surface area contributed by atoms with Gasteiger partial charge < -0.3 is 4.90 Å². The molecular weight excluding hydrogens is 260 g/mol. The summed E-state index contributed by atoms with van der Waals surface area (Å²) < 4.78 is 1.90. The van der Waals surface area contributed by atoms with E-state index < -0.39 is 0 Å². The van der Waals surface area contributed by atoms with Gasteiger partial charge in [0.1, 0.15) is 0 Å². The Morgan fingerprint density at radius 1 is 1.05 bits per heavy atom. The molecule has 3 rings (SSSR count). The summed E-state index contributed by atoms with van der Waals surface area (Å²) in [5.74, 6) is 1.84. The molecule has 0 unspecified atom stereocenters.